The van der Waals surface area contributed by atoms with Crippen molar-refractivity contribution in [2.45, 2.75) is 19.4 Å². The molecule has 1 aliphatic rings. The van der Waals surface area contributed by atoms with E-state index < -0.39 is 0 Å². The Kier molecular flexibility index (Phi) is 5.33. The molecule has 2 aromatic rings. The van der Waals surface area contributed by atoms with Crippen molar-refractivity contribution in [2.24, 2.45) is 5.92 Å². The molecule has 1 amide bonds. The van der Waals surface area contributed by atoms with Crippen LogP contribution in [0.4, 0.5) is 0 Å². The van der Waals surface area contributed by atoms with E-state index in [1.807, 2.05) is 24.3 Å². The van der Waals surface area contributed by atoms with Gasteiger partial charge in [-0.25, -0.2) is 0 Å². The number of rotatable bonds is 5. The second kappa shape index (κ2) is 7.65. The van der Waals surface area contributed by atoms with E-state index in [1.54, 1.807) is 26.1 Å². The summed E-state index contributed by atoms with van der Waals surface area (Å²) in [5.41, 5.74) is 0.805. The Hall–Kier alpha value is -2.41. The predicted octanol–water partition coefficient (Wildman–Crippen LogP) is 2.05. The van der Waals surface area contributed by atoms with Gasteiger partial charge in [-0.1, -0.05) is 17.3 Å². The van der Waals surface area contributed by atoms with Crippen LogP contribution in [-0.2, 0) is 11.3 Å². The van der Waals surface area contributed by atoms with E-state index in [0.29, 0.717) is 24.0 Å². The van der Waals surface area contributed by atoms with E-state index >= 15 is 0 Å². The zero-order chi connectivity index (χ0) is 17.8. The number of hydrogen-bond acceptors (Lipinski definition) is 6. The molecule has 1 atom stereocenters. The topological polar surface area (TPSA) is 71.7 Å². The molecule has 3 rings (SSSR count). The molecule has 0 spiro atoms. The van der Waals surface area contributed by atoms with E-state index in [-0.39, 0.29) is 11.8 Å². The molecule has 7 nitrogen and oxygen atoms in total. The number of para-hydroxylation sites is 1. The van der Waals surface area contributed by atoms with Crippen molar-refractivity contribution in [1.29, 1.82) is 0 Å². The van der Waals surface area contributed by atoms with Crippen molar-refractivity contribution in [3.8, 4) is 17.1 Å². The van der Waals surface area contributed by atoms with E-state index in [2.05, 4.69) is 15.0 Å². The van der Waals surface area contributed by atoms with Gasteiger partial charge in [-0.15, -0.1) is 0 Å². The summed E-state index contributed by atoms with van der Waals surface area (Å²) in [5.74, 6) is 2.01. The lowest BCUT2D eigenvalue weighted by molar-refractivity contribution is -0.134. The fourth-order valence-corrected chi connectivity index (χ4v) is 3.22. The molecule has 134 valence electrons. The smallest absolute Gasteiger partial charge is 0.241 e. The lowest BCUT2D eigenvalue weighted by atomic mass is 9.97. The van der Waals surface area contributed by atoms with Crippen LogP contribution >= 0.6 is 0 Å². The number of amides is 1. The first-order valence-corrected chi connectivity index (χ1v) is 8.48. The second-order valence-corrected chi connectivity index (χ2v) is 6.52. The minimum absolute atomic E-state index is 0.0420. The molecule has 0 radical (unpaired) electrons. The molecule has 1 unspecified atom stereocenters. The summed E-state index contributed by atoms with van der Waals surface area (Å²) in [5, 5.41) is 4.07. The fourth-order valence-electron chi connectivity index (χ4n) is 3.22. The molecule has 1 fully saturated rings. The maximum absolute atomic E-state index is 12.2. The number of likely N-dealkylation sites (tertiary alicyclic amines) is 1. The highest BCUT2D eigenvalue weighted by Gasteiger charge is 2.27. The molecule has 1 saturated heterocycles. The van der Waals surface area contributed by atoms with E-state index in [1.165, 1.54) is 0 Å². The van der Waals surface area contributed by atoms with Crippen LogP contribution in [0, 0.1) is 5.92 Å². The molecule has 1 aromatic heterocycles. The summed E-state index contributed by atoms with van der Waals surface area (Å²) >= 11 is 0. The zero-order valence-electron chi connectivity index (χ0n) is 14.9. The van der Waals surface area contributed by atoms with Gasteiger partial charge in [0.15, 0.2) is 0 Å². The maximum atomic E-state index is 12.2. The van der Waals surface area contributed by atoms with Gasteiger partial charge in [0.2, 0.25) is 17.6 Å². The molecular formula is C18H24N4O3. The number of carbonyl (C=O) groups excluding carboxylic acids is 1. The van der Waals surface area contributed by atoms with Crippen molar-refractivity contribution in [1.82, 2.24) is 19.9 Å². The Balaban J connectivity index is 1.68. The van der Waals surface area contributed by atoms with Crippen LogP contribution in [0.1, 0.15) is 18.7 Å². The first kappa shape index (κ1) is 17.4. The van der Waals surface area contributed by atoms with E-state index in [9.17, 15) is 4.79 Å². The first-order valence-electron chi connectivity index (χ1n) is 8.48. The molecule has 0 saturated carbocycles. The number of aromatic nitrogens is 2. The third-order valence-electron chi connectivity index (χ3n) is 4.47. The number of ether oxygens (including phenoxy) is 1. The maximum Gasteiger partial charge on any atom is 0.241 e. The van der Waals surface area contributed by atoms with Crippen LogP contribution < -0.4 is 4.74 Å². The van der Waals surface area contributed by atoms with Crippen LogP contribution in [0.25, 0.3) is 11.4 Å². The number of benzene rings is 1. The molecule has 7 heteroatoms. The van der Waals surface area contributed by atoms with E-state index in [4.69, 9.17) is 9.26 Å². The van der Waals surface area contributed by atoms with Gasteiger partial charge in [0, 0.05) is 20.6 Å². The van der Waals surface area contributed by atoms with E-state index in [0.717, 1.165) is 31.5 Å². The highest BCUT2D eigenvalue weighted by molar-refractivity contribution is 5.78. The van der Waals surface area contributed by atoms with Crippen molar-refractivity contribution < 1.29 is 14.1 Å². The average Bonchev–Trinajstić information content (AvgIpc) is 3.09. The van der Waals surface area contributed by atoms with Gasteiger partial charge in [-0.05, 0) is 31.5 Å². The molecule has 2 heterocycles. The lowest BCUT2D eigenvalue weighted by Crippen LogP contribution is -2.42. The Morgan fingerprint density at radius 1 is 1.40 bits per heavy atom. The monoisotopic (exact) mass is 344 g/mol. The Morgan fingerprint density at radius 3 is 2.96 bits per heavy atom. The fraction of sp³-hybridized carbons (Fsp3) is 0.500. The number of carbonyl (C=O) groups is 1. The summed E-state index contributed by atoms with van der Waals surface area (Å²) in [6.07, 6.45) is 1.93. The number of hydrogen-bond donors (Lipinski definition) is 0. The standard InChI is InChI=1S/C18H24N4O3/c1-21(2)18(23)13-7-6-10-22(11-13)12-16-19-17(20-25-16)14-8-4-5-9-15(14)24-3/h4-5,8-9,13H,6-7,10-12H2,1-3H3. The quantitative estimate of drug-likeness (QED) is 0.827. The molecular weight excluding hydrogens is 320 g/mol. The lowest BCUT2D eigenvalue weighted by Gasteiger charge is -2.32. The van der Waals surface area contributed by atoms with Crippen LogP contribution in [0.3, 0.4) is 0 Å². The minimum atomic E-state index is 0.0420. The van der Waals surface area contributed by atoms with Crippen molar-refractivity contribution >= 4 is 5.91 Å². The van der Waals surface area contributed by atoms with Crippen molar-refractivity contribution in [2.75, 3.05) is 34.3 Å². The van der Waals surface area contributed by atoms with Crippen LogP contribution in [0.5, 0.6) is 5.75 Å². The minimum Gasteiger partial charge on any atom is -0.496 e. The number of nitrogens with zero attached hydrogens (tertiary/aromatic N) is 4. The SMILES string of the molecule is COc1ccccc1-c1noc(CN2CCCC(C(=O)N(C)C)C2)n1. The Labute approximate surface area is 147 Å². The molecule has 0 aliphatic carbocycles. The predicted molar refractivity (Wildman–Crippen MR) is 93.0 cm³/mol. The van der Waals surface area contributed by atoms with Gasteiger partial charge in [0.05, 0.1) is 25.1 Å². The summed E-state index contributed by atoms with van der Waals surface area (Å²) in [6.45, 7) is 2.21. The van der Waals surface area contributed by atoms with Gasteiger partial charge in [-0.3, -0.25) is 9.69 Å². The zero-order valence-corrected chi connectivity index (χ0v) is 14.9. The molecule has 1 aromatic carbocycles. The van der Waals surface area contributed by atoms with Crippen LogP contribution in [-0.4, -0.2) is 60.1 Å². The summed E-state index contributed by atoms with van der Waals surface area (Å²) in [7, 11) is 5.23. The summed E-state index contributed by atoms with van der Waals surface area (Å²) < 4.78 is 10.8. The van der Waals surface area contributed by atoms with Crippen molar-refractivity contribution in [3.63, 3.8) is 0 Å². The molecule has 1 aliphatic heterocycles. The van der Waals surface area contributed by atoms with Gasteiger partial charge >= 0.3 is 0 Å². The third-order valence-corrected chi connectivity index (χ3v) is 4.47. The number of methoxy groups -OCH3 is 1. The highest BCUT2D eigenvalue weighted by Crippen LogP contribution is 2.27. The van der Waals surface area contributed by atoms with Gasteiger partial charge < -0.3 is 14.2 Å². The van der Waals surface area contributed by atoms with Crippen LogP contribution in [0.15, 0.2) is 28.8 Å². The van der Waals surface area contributed by atoms with Gasteiger partial charge in [-0.2, -0.15) is 4.98 Å². The summed E-state index contributed by atoms with van der Waals surface area (Å²) in [6, 6.07) is 7.59. The number of piperidine rings is 1. The molecule has 0 N–H and O–H groups in total. The highest BCUT2D eigenvalue weighted by atomic mass is 16.5. The van der Waals surface area contributed by atoms with Gasteiger partial charge in [0.25, 0.3) is 0 Å². The summed E-state index contributed by atoms with van der Waals surface area (Å²) in [4.78, 5) is 20.6. The Bertz CT molecular complexity index is 729. The Morgan fingerprint density at radius 2 is 2.20 bits per heavy atom. The average molecular weight is 344 g/mol. The van der Waals surface area contributed by atoms with Crippen LogP contribution in [0.2, 0.25) is 0 Å². The molecule has 0 bridgehead atoms. The third kappa shape index (κ3) is 3.99. The first-order chi connectivity index (χ1) is 12.1. The van der Waals surface area contributed by atoms with Gasteiger partial charge in [0.1, 0.15) is 5.75 Å². The second-order valence-electron chi connectivity index (χ2n) is 6.52. The normalized spacial score (nSPS) is 18.1. The van der Waals surface area contributed by atoms with Crippen molar-refractivity contribution in [3.05, 3.63) is 30.2 Å². The molecule has 25 heavy (non-hydrogen) atoms. The largest absolute Gasteiger partial charge is 0.496 e.